The second kappa shape index (κ2) is 6.51. The van der Waals surface area contributed by atoms with Crippen molar-refractivity contribution in [3.63, 3.8) is 0 Å². The Bertz CT molecular complexity index is 633. The molecule has 2 N–H and O–H groups in total. The van der Waals surface area contributed by atoms with Crippen molar-refractivity contribution in [2.24, 2.45) is 4.99 Å². The van der Waals surface area contributed by atoms with E-state index in [1.54, 1.807) is 19.2 Å². The minimum Gasteiger partial charge on any atom is -0.480 e. The van der Waals surface area contributed by atoms with Crippen molar-refractivity contribution in [3.05, 3.63) is 53.7 Å². The number of aliphatic imine (C=N–C) groups is 1. The SMILES string of the molecule is CN(CC(=O)O)C1=NC(=C/C=C/c2ccccc2)C(=O)N1. The van der Waals surface area contributed by atoms with Gasteiger partial charge in [-0.2, -0.15) is 0 Å². The van der Waals surface area contributed by atoms with Gasteiger partial charge in [-0.1, -0.05) is 42.5 Å². The maximum atomic E-state index is 11.7. The Kier molecular flexibility index (Phi) is 4.50. The Morgan fingerprint density at radius 1 is 1.38 bits per heavy atom. The monoisotopic (exact) mass is 285 g/mol. The van der Waals surface area contributed by atoms with Crippen molar-refractivity contribution in [2.75, 3.05) is 13.6 Å². The molecule has 1 aromatic carbocycles. The lowest BCUT2D eigenvalue weighted by Crippen LogP contribution is -2.40. The number of benzene rings is 1. The highest BCUT2D eigenvalue weighted by Crippen LogP contribution is 2.08. The number of carboxylic acids is 1. The van der Waals surface area contributed by atoms with E-state index in [2.05, 4.69) is 10.3 Å². The summed E-state index contributed by atoms with van der Waals surface area (Å²) >= 11 is 0. The second-order valence-electron chi connectivity index (χ2n) is 4.46. The van der Waals surface area contributed by atoms with Gasteiger partial charge in [-0.3, -0.25) is 14.9 Å². The van der Waals surface area contributed by atoms with Gasteiger partial charge < -0.3 is 10.0 Å². The van der Waals surface area contributed by atoms with Gasteiger partial charge in [0, 0.05) is 7.05 Å². The number of carbonyl (C=O) groups excluding carboxylic acids is 1. The molecule has 1 aliphatic rings. The summed E-state index contributed by atoms with van der Waals surface area (Å²) < 4.78 is 0. The Labute approximate surface area is 122 Å². The fourth-order valence-electron chi connectivity index (χ4n) is 1.74. The first kappa shape index (κ1) is 14.5. The predicted octanol–water partition coefficient (Wildman–Crippen LogP) is 1.09. The summed E-state index contributed by atoms with van der Waals surface area (Å²) in [5.41, 5.74) is 1.26. The van der Waals surface area contributed by atoms with Crippen LogP contribution < -0.4 is 5.32 Å². The van der Waals surface area contributed by atoms with Crippen LogP contribution in [0.3, 0.4) is 0 Å². The van der Waals surface area contributed by atoms with Crippen molar-refractivity contribution < 1.29 is 14.7 Å². The summed E-state index contributed by atoms with van der Waals surface area (Å²) in [5, 5.41) is 11.2. The quantitative estimate of drug-likeness (QED) is 0.811. The van der Waals surface area contributed by atoms with E-state index in [1.165, 1.54) is 4.90 Å². The van der Waals surface area contributed by atoms with E-state index in [1.807, 2.05) is 36.4 Å². The molecule has 0 saturated heterocycles. The van der Waals surface area contributed by atoms with E-state index < -0.39 is 5.97 Å². The number of nitrogens with one attached hydrogen (secondary N) is 1. The number of nitrogens with zero attached hydrogens (tertiary/aromatic N) is 2. The molecule has 1 heterocycles. The smallest absolute Gasteiger partial charge is 0.323 e. The molecular formula is C15H15N3O3. The van der Waals surface area contributed by atoms with Crippen molar-refractivity contribution in [2.45, 2.75) is 0 Å². The van der Waals surface area contributed by atoms with Gasteiger partial charge in [0.25, 0.3) is 5.91 Å². The molecule has 6 heteroatoms. The molecule has 0 fully saturated rings. The molecule has 0 aromatic heterocycles. The van der Waals surface area contributed by atoms with Crippen LogP contribution in [0.5, 0.6) is 0 Å². The highest BCUT2D eigenvalue weighted by molar-refractivity contribution is 6.12. The number of allylic oxidation sites excluding steroid dienone is 2. The van der Waals surface area contributed by atoms with E-state index in [0.29, 0.717) is 0 Å². The maximum Gasteiger partial charge on any atom is 0.323 e. The van der Waals surface area contributed by atoms with Crippen molar-refractivity contribution in [1.29, 1.82) is 0 Å². The largest absolute Gasteiger partial charge is 0.480 e. The van der Waals surface area contributed by atoms with Crippen LogP contribution in [0, 0.1) is 0 Å². The summed E-state index contributed by atoms with van der Waals surface area (Å²) in [7, 11) is 1.55. The third-order valence-corrected chi connectivity index (χ3v) is 2.76. The van der Waals surface area contributed by atoms with Gasteiger partial charge in [0.2, 0.25) is 5.96 Å². The van der Waals surface area contributed by atoms with Crippen LogP contribution >= 0.6 is 0 Å². The molecule has 1 aromatic rings. The Morgan fingerprint density at radius 2 is 2.10 bits per heavy atom. The topological polar surface area (TPSA) is 82.0 Å². The molecule has 0 atom stereocenters. The van der Waals surface area contributed by atoms with E-state index >= 15 is 0 Å². The van der Waals surface area contributed by atoms with E-state index in [9.17, 15) is 9.59 Å². The zero-order valence-corrected chi connectivity index (χ0v) is 11.5. The number of hydrogen-bond acceptors (Lipinski definition) is 4. The molecule has 6 nitrogen and oxygen atoms in total. The van der Waals surface area contributed by atoms with E-state index in [4.69, 9.17) is 5.11 Å². The van der Waals surface area contributed by atoms with Crippen LogP contribution in [-0.2, 0) is 9.59 Å². The van der Waals surface area contributed by atoms with Crippen LogP contribution in [0.4, 0.5) is 0 Å². The summed E-state index contributed by atoms with van der Waals surface area (Å²) in [6, 6.07) is 9.66. The Balaban J connectivity index is 2.07. The average molecular weight is 285 g/mol. The number of likely N-dealkylation sites (N-methyl/N-ethyl adjacent to an activating group) is 1. The van der Waals surface area contributed by atoms with E-state index in [-0.39, 0.29) is 24.1 Å². The molecule has 0 saturated carbocycles. The number of guanidine groups is 1. The molecule has 0 radical (unpaired) electrons. The Hall–Kier alpha value is -2.89. The standard InChI is InChI=1S/C15H15N3O3/c1-18(10-13(19)20)15-16-12(14(21)17-15)9-5-8-11-6-3-2-4-7-11/h2-9H,10H2,1H3,(H,19,20)(H,16,17,21)/b8-5+,12-9?. The minimum absolute atomic E-state index is 0.230. The van der Waals surface area contributed by atoms with Crippen LogP contribution in [0.2, 0.25) is 0 Å². The summed E-state index contributed by atoms with van der Waals surface area (Å²) in [6.07, 6.45) is 5.17. The molecule has 108 valence electrons. The molecule has 0 unspecified atom stereocenters. The summed E-state index contributed by atoms with van der Waals surface area (Å²) in [5.74, 6) is -1.10. The van der Waals surface area contributed by atoms with Crippen LogP contribution in [0.1, 0.15) is 5.56 Å². The number of rotatable bonds is 4. The van der Waals surface area contributed by atoms with Gasteiger partial charge >= 0.3 is 5.97 Å². The van der Waals surface area contributed by atoms with Gasteiger partial charge in [-0.05, 0) is 11.6 Å². The van der Waals surface area contributed by atoms with Crippen molar-refractivity contribution in [1.82, 2.24) is 10.2 Å². The number of amides is 1. The highest BCUT2D eigenvalue weighted by atomic mass is 16.4. The molecule has 2 rings (SSSR count). The molecule has 0 bridgehead atoms. The molecule has 1 aliphatic heterocycles. The molecule has 0 spiro atoms. The Morgan fingerprint density at radius 3 is 2.76 bits per heavy atom. The maximum absolute atomic E-state index is 11.7. The summed E-state index contributed by atoms with van der Waals surface area (Å²) in [4.78, 5) is 27.8. The van der Waals surface area contributed by atoms with Crippen molar-refractivity contribution >= 4 is 23.9 Å². The highest BCUT2D eigenvalue weighted by Gasteiger charge is 2.22. The normalized spacial score (nSPS) is 16.1. The van der Waals surface area contributed by atoms with Gasteiger partial charge in [0.1, 0.15) is 12.2 Å². The first-order valence-corrected chi connectivity index (χ1v) is 6.32. The van der Waals surface area contributed by atoms with Crippen LogP contribution in [0.25, 0.3) is 6.08 Å². The van der Waals surface area contributed by atoms with Gasteiger partial charge in [0.15, 0.2) is 0 Å². The lowest BCUT2D eigenvalue weighted by Gasteiger charge is -2.14. The first-order chi connectivity index (χ1) is 10.1. The third kappa shape index (κ3) is 4.04. The van der Waals surface area contributed by atoms with Crippen LogP contribution in [0.15, 0.2) is 53.2 Å². The van der Waals surface area contributed by atoms with Crippen molar-refractivity contribution in [3.8, 4) is 0 Å². The molecule has 21 heavy (non-hydrogen) atoms. The number of aliphatic carboxylic acids is 1. The average Bonchev–Trinajstić information content (AvgIpc) is 2.81. The fraction of sp³-hybridized carbons (Fsp3) is 0.133. The molecule has 0 aliphatic carbocycles. The van der Waals surface area contributed by atoms with Gasteiger partial charge in [-0.25, -0.2) is 4.99 Å². The van der Waals surface area contributed by atoms with Crippen LogP contribution in [-0.4, -0.2) is 41.4 Å². The zero-order valence-electron chi connectivity index (χ0n) is 11.5. The molecule has 1 amide bonds. The number of carbonyl (C=O) groups is 2. The number of carboxylic acid groups (broad SMARTS) is 1. The predicted molar refractivity (Wildman–Crippen MR) is 79.4 cm³/mol. The number of hydrogen-bond donors (Lipinski definition) is 2. The molecular weight excluding hydrogens is 270 g/mol. The summed E-state index contributed by atoms with van der Waals surface area (Å²) in [6.45, 7) is -0.230. The minimum atomic E-state index is -0.990. The van der Waals surface area contributed by atoms with E-state index in [0.717, 1.165) is 5.56 Å². The third-order valence-electron chi connectivity index (χ3n) is 2.76. The van der Waals surface area contributed by atoms with Gasteiger partial charge in [-0.15, -0.1) is 0 Å². The lowest BCUT2D eigenvalue weighted by atomic mass is 10.2. The van der Waals surface area contributed by atoms with Gasteiger partial charge in [0.05, 0.1) is 0 Å². The second-order valence-corrected chi connectivity index (χ2v) is 4.46. The fourth-order valence-corrected chi connectivity index (χ4v) is 1.74. The zero-order chi connectivity index (χ0) is 15.2. The lowest BCUT2D eigenvalue weighted by molar-refractivity contribution is -0.137. The first-order valence-electron chi connectivity index (χ1n) is 6.32.